The van der Waals surface area contributed by atoms with E-state index in [0.29, 0.717) is 4.90 Å². The Morgan fingerprint density at radius 2 is 1.59 bits per heavy atom. The van der Waals surface area contributed by atoms with Crippen LogP contribution < -0.4 is 0 Å². The number of rotatable bonds is 5. The molecule has 0 spiro atoms. The molecule has 0 aromatic carbocycles. The Balaban J connectivity index is 5.29. The first-order valence-corrected chi connectivity index (χ1v) is 5.59. The van der Waals surface area contributed by atoms with E-state index < -0.39 is 23.8 Å². The summed E-state index contributed by atoms with van der Waals surface area (Å²) in [4.78, 5) is 34.9. The minimum Gasteiger partial charge on any atom is -0.480 e. The lowest BCUT2D eigenvalue weighted by Gasteiger charge is -2.23. The van der Waals surface area contributed by atoms with Gasteiger partial charge in [-0.3, -0.25) is 14.5 Å². The van der Waals surface area contributed by atoms with E-state index in [1.807, 2.05) is 0 Å². The van der Waals surface area contributed by atoms with E-state index in [1.54, 1.807) is 13.8 Å². The summed E-state index contributed by atoms with van der Waals surface area (Å²) < 4.78 is 0. The Labute approximate surface area is 105 Å². The number of carbonyl (C=O) groups excluding carboxylic acids is 2. The van der Waals surface area contributed by atoms with Crippen LogP contribution >= 0.6 is 12.6 Å². The van der Waals surface area contributed by atoms with Crippen LogP contribution in [0.4, 0.5) is 0 Å². The van der Waals surface area contributed by atoms with Gasteiger partial charge in [-0.1, -0.05) is 12.2 Å². The smallest absolute Gasteiger partial charge is 0.327 e. The van der Waals surface area contributed by atoms with Crippen molar-refractivity contribution in [1.82, 2.24) is 4.90 Å². The third-order valence-electron chi connectivity index (χ3n) is 1.86. The van der Waals surface area contributed by atoms with Gasteiger partial charge in [0.25, 0.3) is 11.8 Å². The molecule has 0 aliphatic carbocycles. The third kappa shape index (κ3) is 4.44. The number of thiol groups is 1. The van der Waals surface area contributed by atoms with E-state index in [-0.39, 0.29) is 5.75 Å². The van der Waals surface area contributed by atoms with Crippen LogP contribution in [0.1, 0.15) is 13.8 Å². The summed E-state index contributed by atoms with van der Waals surface area (Å²) in [5.74, 6) is -2.74. The van der Waals surface area contributed by atoms with Gasteiger partial charge in [-0.2, -0.15) is 12.6 Å². The number of hydrogen-bond acceptors (Lipinski definition) is 4. The van der Waals surface area contributed by atoms with Gasteiger partial charge in [0, 0.05) is 5.75 Å². The molecule has 0 bridgehead atoms. The van der Waals surface area contributed by atoms with Crippen molar-refractivity contribution in [3.8, 4) is 0 Å². The molecule has 5 nitrogen and oxygen atoms in total. The summed E-state index contributed by atoms with van der Waals surface area (Å²) >= 11 is 3.84. The quantitative estimate of drug-likeness (QED) is 0.566. The highest BCUT2D eigenvalue weighted by molar-refractivity contribution is 7.80. The van der Waals surface area contributed by atoms with Gasteiger partial charge in [-0.25, -0.2) is 4.79 Å². The van der Waals surface area contributed by atoms with E-state index in [1.165, 1.54) is 12.2 Å². The number of imide groups is 1. The van der Waals surface area contributed by atoms with Crippen LogP contribution in [-0.2, 0) is 14.4 Å². The second kappa shape index (κ2) is 7.67. The van der Waals surface area contributed by atoms with Gasteiger partial charge in [0.15, 0.2) is 0 Å². The molecule has 0 saturated carbocycles. The Hall–Kier alpha value is -1.56. The van der Waals surface area contributed by atoms with Crippen molar-refractivity contribution in [2.75, 3.05) is 5.75 Å². The molecule has 0 aromatic heterocycles. The number of hydrogen-bond donors (Lipinski definition) is 2. The monoisotopic (exact) mass is 257 g/mol. The van der Waals surface area contributed by atoms with E-state index >= 15 is 0 Å². The predicted octanol–water partition coefficient (Wildman–Crippen LogP) is 0.877. The van der Waals surface area contributed by atoms with Gasteiger partial charge in [0.1, 0.15) is 6.04 Å². The molecule has 17 heavy (non-hydrogen) atoms. The SMILES string of the molecule is CC=CC(=O)N(C(=O)C=CC)[C@@H](CS)C(=O)O. The van der Waals surface area contributed by atoms with E-state index in [9.17, 15) is 14.4 Å². The predicted molar refractivity (Wildman–Crippen MR) is 66.8 cm³/mol. The van der Waals surface area contributed by atoms with Crippen LogP contribution in [0, 0.1) is 0 Å². The molecule has 1 atom stereocenters. The average Bonchev–Trinajstić information content (AvgIpc) is 2.25. The highest BCUT2D eigenvalue weighted by Gasteiger charge is 2.31. The number of amides is 2. The maximum atomic E-state index is 11.7. The molecule has 0 saturated heterocycles. The first kappa shape index (κ1) is 15.4. The van der Waals surface area contributed by atoms with Crippen molar-refractivity contribution in [3.63, 3.8) is 0 Å². The molecule has 0 aliphatic rings. The zero-order chi connectivity index (χ0) is 13.4. The first-order valence-electron chi connectivity index (χ1n) is 4.95. The van der Waals surface area contributed by atoms with Crippen molar-refractivity contribution < 1.29 is 19.5 Å². The summed E-state index contributed by atoms with van der Waals surface area (Å²) in [7, 11) is 0. The molecule has 0 aromatic rings. The topological polar surface area (TPSA) is 74.7 Å². The van der Waals surface area contributed by atoms with Crippen molar-refractivity contribution in [1.29, 1.82) is 0 Å². The molecule has 0 radical (unpaired) electrons. The van der Waals surface area contributed by atoms with Gasteiger partial charge in [0.05, 0.1) is 0 Å². The Morgan fingerprint density at radius 1 is 1.18 bits per heavy atom. The molecule has 2 amide bonds. The molecular weight excluding hydrogens is 242 g/mol. The van der Waals surface area contributed by atoms with E-state index in [2.05, 4.69) is 12.6 Å². The fraction of sp³-hybridized carbons (Fsp3) is 0.364. The van der Waals surface area contributed by atoms with Crippen molar-refractivity contribution in [2.24, 2.45) is 0 Å². The lowest BCUT2D eigenvalue weighted by Crippen LogP contribution is -2.48. The minimum absolute atomic E-state index is 0.137. The summed E-state index contributed by atoms with van der Waals surface area (Å²) in [6.07, 6.45) is 5.16. The number of allylic oxidation sites excluding steroid dienone is 2. The summed E-state index contributed by atoms with van der Waals surface area (Å²) in [6.45, 7) is 3.21. The highest BCUT2D eigenvalue weighted by Crippen LogP contribution is 2.06. The van der Waals surface area contributed by atoms with Gasteiger partial charge in [-0.05, 0) is 26.0 Å². The second-order valence-electron chi connectivity index (χ2n) is 3.08. The van der Waals surface area contributed by atoms with Crippen molar-refractivity contribution in [3.05, 3.63) is 24.3 Å². The summed E-state index contributed by atoms with van der Waals surface area (Å²) in [5.41, 5.74) is 0. The fourth-order valence-corrected chi connectivity index (χ4v) is 1.45. The van der Waals surface area contributed by atoms with Gasteiger partial charge in [-0.15, -0.1) is 0 Å². The highest BCUT2D eigenvalue weighted by atomic mass is 32.1. The van der Waals surface area contributed by atoms with Crippen LogP contribution in [0.5, 0.6) is 0 Å². The van der Waals surface area contributed by atoms with Gasteiger partial charge < -0.3 is 5.11 Å². The number of aliphatic carboxylic acids is 1. The normalized spacial score (nSPS) is 12.9. The zero-order valence-electron chi connectivity index (χ0n) is 9.66. The van der Waals surface area contributed by atoms with Crippen molar-refractivity contribution >= 4 is 30.4 Å². The van der Waals surface area contributed by atoms with Gasteiger partial charge >= 0.3 is 5.97 Å². The first-order chi connectivity index (χ1) is 7.99. The fourth-order valence-electron chi connectivity index (χ4n) is 1.13. The average molecular weight is 257 g/mol. The van der Waals surface area contributed by atoms with Crippen LogP contribution in [0.2, 0.25) is 0 Å². The third-order valence-corrected chi connectivity index (χ3v) is 2.21. The lowest BCUT2D eigenvalue weighted by atomic mass is 10.2. The number of carboxylic acids is 1. The van der Waals surface area contributed by atoms with Gasteiger partial charge in [0.2, 0.25) is 0 Å². The number of nitrogens with zero attached hydrogens (tertiary/aromatic N) is 1. The molecule has 94 valence electrons. The molecule has 0 rings (SSSR count). The second-order valence-corrected chi connectivity index (χ2v) is 3.45. The largest absolute Gasteiger partial charge is 0.480 e. The molecule has 6 heteroatoms. The van der Waals surface area contributed by atoms with Crippen LogP contribution in [-0.4, -0.2) is 39.6 Å². The Kier molecular flexibility index (Phi) is 6.97. The molecule has 1 N–H and O–H groups in total. The standard InChI is InChI=1S/C11H15NO4S/c1-3-5-9(13)12(10(14)6-4-2)8(7-17)11(15)16/h3-6,8,17H,7H2,1-2H3,(H,15,16)/t8-/m0/s1. The zero-order valence-corrected chi connectivity index (χ0v) is 10.6. The number of carboxylic acid groups (broad SMARTS) is 1. The molecule has 0 heterocycles. The lowest BCUT2D eigenvalue weighted by molar-refractivity contribution is -0.153. The summed E-state index contributed by atoms with van der Waals surface area (Å²) in [5, 5.41) is 8.93. The van der Waals surface area contributed by atoms with Crippen molar-refractivity contribution in [2.45, 2.75) is 19.9 Å². The Morgan fingerprint density at radius 3 is 1.82 bits per heavy atom. The molecular formula is C11H15NO4S. The van der Waals surface area contributed by atoms with E-state index in [4.69, 9.17) is 5.11 Å². The van der Waals surface area contributed by atoms with Crippen LogP contribution in [0.25, 0.3) is 0 Å². The maximum absolute atomic E-state index is 11.7. The maximum Gasteiger partial charge on any atom is 0.327 e. The van der Waals surface area contributed by atoms with E-state index in [0.717, 1.165) is 12.2 Å². The molecule has 0 fully saturated rings. The Bertz CT molecular complexity index is 338. The minimum atomic E-state index is -1.27. The number of carbonyl (C=O) groups is 3. The summed E-state index contributed by atoms with van der Waals surface area (Å²) in [6, 6.07) is -1.27. The molecule has 0 unspecified atom stereocenters. The molecule has 0 aliphatic heterocycles. The van der Waals surface area contributed by atoms with Crippen LogP contribution in [0.15, 0.2) is 24.3 Å². The van der Waals surface area contributed by atoms with Crippen LogP contribution in [0.3, 0.4) is 0 Å².